The molecule has 0 rings (SSSR count). The van der Waals surface area contributed by atoms with Gasteiger partial charge in [0, 0.05) is 29.9 Å². The maximum atomic E-state index is 8.62. The highest BCUT2D eigenvalue weighted by Gasteiger charge is 2.32. The summed E-state index contributed by atoms with van der Waals surface area (Å²) < 4.78 is 5.30. The van der Waals surface area contributed by atoms with E-state index in [-0.39, 0.29) is 0 Å². The molecular formula is C17H34N3PS. The number of hydrogen-bond acceptors (Lipinski definition) is 4. The minimum absolute atomic E-state index is 0.417. The van der Waals surface area contributed by atoms with Crippen LogP contribution in [0.5, 0.6) is 0 Å². The van der Waals surface area contributed by atoms with E-state index < -0.39 is 7.42 Å². The molecule has 0 amide bonds. The Labute approximate surface area is 143 Å². The van der Waals surface area contributed by atoms with E-state index in [1.54, 1.807) is 0 Å². The highest BCUT2D eigenvalue weighted by atomic mass is 32.7. The van der Waals surface area contributed by atoms with Crippen LogP contribution in [-0.2, 0) is 0 Å². The lowest BCUT2D eigenvalue weighted by Gasteiger charge is -2.46. The van der Waals surface area contributed by atoms with Crippen LogP contribution in [0.1, 0.15) is 61.8 Å². The maximum absolute atomic E-state index is 8.62. The van der Waals surface area contributed by atoms with E-state index in [9.17, 15) is 0 Å². The standard InChI is InChI=1S/C17H34N3PS/c1-14(2)19(15(3)4)21(20(16(5)6)17(7)8)22-13-11-9-10-12-18/h9,11,14-17H,10,13H2,1-8H3. The number of hydrogen-bond donors (Lipinski definition) is 0. The van der Waals surface area contributed by atoms with Crippen molar-refractivity contribution >= 4 is 18.8 Å². The Hall–Kier alpha value is -0.0700. The Morgan fingerprint density at radius 2 is 1.27 bits per heavy atom. The van der Waals surface area contributed by atoms with Gasteiger partial charge < -0.3 is 0 Å². The van der Waals surface area contributed by atoms with E-state index in [1.807, 2.05) is 17.5 Å². The van der Waals surface area contributed by atoms with Gasteiger partial charge in [0.05, 0.1) is 12.5 Å². The van der Waals surface area contributed by atoms with Crippen molar-refractivity contribution in [2.75, 3.05) is 5.75 Å². The first-order valence-electron chi connectivity index (χ1n) is 8.25. The first-order valence-corrected chi connectivity index (χ1v) is 11.1. The molecular weight excluding hydrogens is 309 g/mol. The smallest absolute Gasteiger partial charge is 0.104 e. The summed E-state index contributed by atoms with van der Waals surface area (Å²) >= 11 is 2.02. The van der Waals surface area contributed by atoms with Crippen molar-refractivity contribution in [3.8, 4) is 6.07 Å². The van der Waals surface area contributed by atoms with Gasteiger partial charge in [-0.05, 0) is 55.4 Å². The first-order chi connectivity index (χ1) is 10.2. The first kappa shape index (κ1) is 21.9. The monoisotopic (exact) mass is 343 g/mol. The van der Waals surface area contributed by atoms with Crippen molar-refractivity contribution < 1.29 is 0 Å². The van der Waals surface area contributed by atoms with Crippen molar-refractivity contribution in [3.05, 3.63) is 12.2 Å². The maximum Gasteiger partial charge on any atom is 0.104 e. The predicted octanol–water partition coefficient (Wildman–Crippen LogP) is 5.65. The number of nitriles is 1. The van der Waals surface area contributed by atoms with Crippen molar-refractivity contribution in [2.24, 2.45) is 0 Å². The Morgan fingerprint density at radius 3 is 1.59 bits per heavy atom. The van der Waals surface area contributed by atoms with Gasteiger partial charge in [0.15, 0.2) is 0 Å². The highest BCUT2D eigenvalue weighted by molar-refractivity contribution is 8.54. The molecule has 0 aromatic heterocycles. The molecule has 0 spiro atoms. The zero-order valence-electron chi connectivity index (χ0n) is 15.6. The molecule has 0 aromatic rings. The third kappa shape index (κ3) is 7.47. The average molecular weight is 344 g/mol. The van der Waals surface area contributed by atoms with E-state index in [1.165, 1.54) is 0 Å². The van der Waals surface area contributed by atoms with E-state index in [0.717, 1.165) is 5.75 Å². The quantitative estimate of drug-likeness (QED) is 0.378. The van der Waals surface area contributed by atoms with Crippen LogP contribution < -0.4 is 0 Å². The molecule has 0 saturated carbocycles. The molecule has 128 valence electrons. The Morgan fingerprint density at radius 1 is 0.864 bits per heavy atom. The van der Waals surface area contributed by atoms with Gasteiger partial charge >= 0.3 is 0 Å². The van der Waals surface area contributed by atoms with Crippen LogP contribution >= 0.6 is 18.8 Å². The van der Waals surface area contributed by atoms with Crippen molar-refractivity contribution in [1.29, 1.82) is 5.26 Å². The summed E-state index contributed by atoms with van der Waals surface area (Å²) in [4.78, 5) is 0. The molecule has 0 bridgehead atoms. The van der Waals surface area contributed by atoms with Crippen LogP contribution in [0, 0.1) is 11.3 Å². The molecule has 22 heavy (non-hydrogen) atoms. The molecule has 0 saturated heterocycles. The molecule has 0 aliphatic heterocycles. The molecule has 0 radical (unpaired) electrons. The minimum atomic E-state index is -0.417. The summed E-state index contributed by atoms with van der Waals surface area (Å²) in [5, 5.41) is 8.62. The Kier molecular flexibility index (Phi) is 11.4. The molecule has 0 aromatic carbocycles. The third-order valence-corrected chi connectivity index (χ3v) is 8.66. The lowest BCUT2D eigenvalue weighted by Crippen LogP contribution is -2.41. The fourth-order valence-corrected chi connectivity index (χ4v) is 8.71. The molecule has 0 aliphatic rings. The third-order valence-electron chi connectivity index (χ3n) is 3.17. The summed E-state index contributed by atoms with van der Waals surface area (Å²) in [6, 6.07) is 4.28. The van der Waals surface area contributed by atoms with Gasteiger partial charge in [-0.2, -0.15) is 5.26 Å². The topological polar surface area (TPSA) is 30.3 Å². The molecule has 0 fully saturated rings. The van der Waals surface area contributed by atoms with Gasteiger partial charge in [0.2, 0.25) is 0 Å². The summed E-state index contributed by atoms with van der Waals surface area (Å²) in [5.41, 5.74) is 0. The second kappa shape index (κ2) is 11.5. The van der Waals surface area contributed by atoms with Crippen LogP contribution in [0.25, 0.3) is 0 Å². The van der Waals surface area contributed by atoms with Crippen molar-refractivity contribution in [2.45, 2.75) is 86.0 Å². The van der Waals surface area contributed by atoms with Crippen LogP contribution in [-0.4, -0.2) is 39.3 Å². The van der Waals surface area contributed by atoms with E-state index in [4.69, 9.17) is 5.26 Å². The second-order valence-electron chi connectivity index (χ2n) is 6.52. The van der Waals surface area contributed by atoms with Crippen LogP contribution in [0.3, 0.4) is 0 Å². The fourth-order valence-electron chi connectivity index (χ4n) is 2.55. The molecule has 0 unspecified atom stereocenters. The molecule has 5 heteroatoms. The lowest BCUT2D eigenvalue weighted by molar-refractivity contribution is 0.264. The van der Waals surface area contributed by atoms with E-state index in [0.29, 0.717) is 30.6 Å². The number of nitrogens with zero attached hydrogens (tertiary/aromatic N) is 3. The van der Waals surface area contributed by atoms with Crippen LogP contribution in [0.2, 0.25) is 0 Å². The zero-order valence-corrected chi connectivity index (χ0v) is 17.3. The normalized spacial score (nSPS) is 13.0. The van der Waals surface area contributed by atoms with Crippen LogP contribution in [0.4, 0.5) is 0 Å². The number of allylic oxidation sites excluding steroid dienone is 1. The summed E-state index contributed by atoms with van der Waals surface area (Å²) in [5.74, 6) is 0.971. The Bertz CT molecular complexity index is 325. The van der Waals surface area contributed by atoms with Gasteiger partial charge in [-0.1, -0.05) is 23.5 Å². The summed E-state index contributed by atoms with van der Waals surface area (Å²) in [7, 11) is -0.417. The molecule has 0 N–H and O–H groups in total. The van der Waals surface area contributed by atoms with Gasteiger partial charge in [-0.25, -0.2) is 0 Å². The van der Waals surface area contributed by atoms with Gasteiger partial charge in [-0.3, -0.25) is 9.34 Å². The summed E-state index contributed by atoms with van der Waals surface area (Å²) in [6.45, 7) is 18.3. The lowest BCUT2D eigenvalue weighted by atomic mass is 10.3. The highest BCUT2D eigenvalue weighted by Crippen LogP contribution is 2.59. The second-order valence-corrected chi connectivity index (χ2v) is 10.3. The molecule has 0 heterocycles. The molecule has 0 aliphatic carbocycles. The zero-order chi connectivity index (χ0) is 17.3. The SMILES string of the molecule is CC(C)N(C(C)C)P(SCC=CCC#N)N(C(C)C)C(C)C. The average Bonchev–Trinajstić information content (AvgIpc) is 2.36. The fraction of sp³-hybridized carbons (Fsp3) is 0.824. The largest absolute Gasteiger partial charge is 0.256 e. The van der Waals surface area contributed by atoms with E-state index in [2.05, 4.69) is 76.9 Å². The minimum Gasteiger partial charge on any atom is -0.256 e. The summed E-state index contributed by atoms with van der Waals surface area (Å²) in [6.07, 6.45) is 4.63. The Balaban J connectivity index is 5.23. The van der Waals surface area contributed by atoms with Gasteiger partial charge in [0.1, 0.15) is 7.42 Å². The van der Waals surface area contributed by atoms with Gasteiger partial charge in [0.25, 0.3) is 0 Å². The number of rotatable bonds is 10. The molecule has 3 nitrogen and oxygen atoms in total. The van der Waals surface area contributed by atoms with Gasteiger partial charge in [-0.15, -0.1) is 0 Å². The van der Waals surface area contributed by atoms with Crippen molar-refractivity contribution in [3.63, 3.8) is 0 Å². The van der Waals surface area contributed by atoms with Crippen molar-refractivity contribution in [1.82, 2.24) is 9.34 Å². The van der Waals surface area contributed by atoms with Crippen LogP contribution in [0.15, 0.2) is 12.2 Å². The van der Waals surface area contributed by atoms with E-state index >= 15 is 0 Å². The predicted molar refractivity (Wildman–Crippen MR) is 103 cm³/mol. The molecule has 0 atom stereocenters.